The highest BCUT2D eigenvalue weighted by Crippen LogP contribution is 2.36. The summed E-state index contributed by atoms with van der Waals surface area (Å²) in [5, 5.41) is 13.3. The average molecular weight is 314 g/mol. The van der Waals surface area contributed by atoms with Crippen LogP contribution in [0.1, 0.15) is 42.3 Å². The minimum absolute atomic E-state index is 0.0120. The molecule has 0 radical (unpaired) electrons. The first-order valence-corrected chi connectivity index (χ1v) is 7.41. The zero-order chi connectivity index (χ0) is 17.0. The zero-order valence-electron chi connectivity index (χ0n) is 13.9. The summed E-state index contributed by atoms with van der Waals surface area (Å²) in [5.41, 5.74) is 1.46. The monoisotopic (exact) mass is 314 g/mol. The third-order valence-corrected chi connectivity index (χ3v) is 3.55. The van der Waals surface area contributed by atoms with Crippen LogP contribution in [0.4, 0.5) is 0 Å². The molecule has 0 bridgehead atoms. The summed E-state index contributed by atoms with van der Waals surface area (Å²) in [5.74, 6) is 0.178. The van der Waals surface area contributed by atoms with Gasteiger partial charge >= 0.3 is 0 Å². The fourth-order valence-corrected chi connectivity index (χ4v) is 2.25. The number of nitrogens with one attached hydrogen (secondary N) is 1. The Balaban J connectivity index is 2.29. The lowest BCUT2D eigenvalue weighted by atomic mass is 9.85. The number of nitrogens with zero attached hydrogens (tertiary/aromatic N) is 1. The number of carbonyl (C=O) groups excluding carboxylic acids is 1. The molecule has 1 aromatic heterocycles. The second-order valence-electron chi connectivity index (χ2n) is 6.37. The van der Waals surface area contributed by atoms with E-state index in [1.54, 1.807) is 24.5 Å². The molecule has 0 spiro atoms. The topological polar surface area (TPSA) is 71.5 Å². The van der Waals surface area contributed by atoms with Gasteiger partial charge in [-0.2, -0.15) is 0 Å². The highest BCUT2D eigenvalue weighted by Gasteiger charge is 2.24. The van der Waals surface area contributed by atoms with Crippen LogP contribution in [0.3, 0.4) is 0 Å². The van der Waals surface area contributed by atoms with Crippen molar-refractivity contribution < 1.29 is 14.6 Å². The number of carbonyl (C=O) groups is 1. The van der Waals surface area contributed by atoms with E-state index in [9.17, 15) is 9.90 Å². The number of hydrogen-bond acceptors (Lipinski definition) is 4. The second kappa shape index (κ2) is 6.69. The Morgan fingerprint density at radius 1 is 1.35 bits per heavy atom. The van der Waals surface area contributed by atoms with Crippen molar-refractivity contribution in [3.05, 3.63) is 53.3 Å². The summed E-state index contributed by atoms with van der Waals surface area (Å²) in [6.45, 7) is 6.25. The third kappa shape index (κ3) is 4.00. The van der Waals surface area contributed by atoms with Crippen molar-refractivity contribution in [1.82, 2.24) is 10.3 Å². The van der Waals surface area contributed by atoms with Crippen LogP contribution < -0.4 is 10.1 Å². The van der Waals surface area contributed by atoms with E-state index in [0.717, 1.165) is 5.56 Å². The predicted molar refractivity (Wildman–Crippen MR) is 88.8 cm³/mol. The first-order chi connectivity index (χ1) is 10.8. The van der Waals surface area contributed by atoms with Crippen LogP contribution in [0.15, 0.2) is 36.7 Å². The fourth-order valence-electron chi connectivity index (χ4n) is 2.25. The molecule has 0 aliphatic carbocycles. The summed E-state index contributed by atoms with van der Waals surface area (Å²) < 4.78 is 5.26. The van der Waals surface area contributed by atoms with Crippen molar-refractivity contribution >= 4 is 5.91 Å². The van der Waals surface area contributed by atoms with Gasteiger partial charge < -0.3 is 15.2 Å². The van der Waals surface area contributed by atoms with Crippen molar-refractivity contribution in [1.29, 1.82) is 0 Å². The number of amides is 1. The summed E-state index contributed by atoms with van der Waals surface area (Å²) in [4.78, 5) is 16.4. The molecule has 0 aliphatic heterocycles. The standard InChI is InChI=1S/C18H22N2O3/c1-18(2,3)15-9-13(23-4)8-14(16(15)21)17(22)20-11-12-6-5-7-19-10-12/h5-10,21H,11H2,1-4H3,(H,20,22). The van der Waals surface area contributed by atoms with Crippen LogP contribution >= 0.6 is 0 Å². The molecule has 1 aromatic carbocycles. The third-order valence-electron chi connectivity index (χ3n) is 3.55. The second-order valence-corrected chi connectivity index (χ2v) is 6.37. The molecule has 1 heterocycles. The highest BCUT2D eigenvalue weighted by atomic mass is 16.5. The molecule has 23 heavy (non-hydrogen) atoms. The SMILES string of the molecule is COc1cc(C(=O)NCc2cccnc2)c(O)c(C(C)(C)C)c1. The van der Waals surface area contributed by atoms with Gasteiger partial charge in [-0.1, -0.05) is 26.8 Å². The lowest BCUT2D eigenvalue weighted by molar-refractivity contribution is 0.0947. The minimum atomic E-state index is -0.351. The minimum Gasteiger partial charge on any atom is -0.507 e. The maximum absolute atomic E-state index is 12.4. The molecule has 2 aromatic rings. The van der Waals surface area contributed by atoms with Crippen LogP contribution in [0.25, 0.3) is 0 Å². The number of aromatic nitrogens is 1. The van der Waals surface area contributed by atoms with Gasteiger partial charge in [0.15, 0.2) is 0 Å². The molecule has 2 N–H and O–H groups in total. The molecule has 0 atom stereocenters. The van der Waals surface area contributed by atoms with Crippen LogP contribution in [-0.4, -0.2) is 23.1 Å². The molecular formula is C18H22N2O3. The predicted octanol–water partition coefficient (Wildman–Crippen LogP) is 3.02. The Morgan fingerprint density at radius 2 is 2.09 bits per heavy atom. The van der Waals surface area contributed by atoms with Gasteiger partial charge in [-0.15, -0.1) is 0 Å². The van der Waals surface area contributed by atoms with Crippen LogP contribution in [0, 0.1) is 0 Å². The lowest BCUT2D eigenvalue weighted by Gasteiger charge is -2.22. The van der Waals surface area contributed by atoms with Gasteiger partial charge in [-0.3, -0.25) is 9.78 Å². The normalized spacial score (nSPS) is 11.1. The van der Waals surface area contributed by atoms with E-state index < -0.39 is 0 Å². The van der Waals surface area contributed by atoms with E-state index in [1.807, 2.05) is 32.9 Å². The Labute approximate surface area is 136 Å². The molecule has 122 valence electrons. The Bertz CT molecular complexity index is 691. The van der Waals surface area contributed by atoms with Crippen LogP contribution in [0.5, 0.6) is 11.5 Å². The molecule has 0 fully saturated rings. The summed E-state index contributed by atoms with van der Waals surface area (Å²) >= 11 is 0. The van der Waals surface area contributed by atoms with Gasteiger partial charge in [0, 0.05) is 24.5 Å². The summed E-state index contributed by atoms with van der Waals surface area (Å²) in [6.07, 6.45) is 3.36. The van der Waals surface area contributed by atoms with Crippen molar-refractivity contribution in [3.8, 4) is 11.5 Å². The summed E-state index contributed by atoms with van der Waals surface area (Å²) in [6, 6.07) is 6.98. The number of aromatic hydroxyl groups is 1. The van der Waals surface area contributed by atoms with Crippen LogP contribution in [0.2, 0.25) is 0 Å². The quantitative estimate of drug-likeness (QED) is 0.910. The van der Waals surface area contributed by atoms with Crippen molar-refractivity contribution in [2.75, 3.05) is 7.11 Å². The Hall–Kier alpha value is -2.56. The number of methoxy groups -OCH3 is 1. The molecule has 0 saturated heterocycles. The number of benzene rings is 1. The van der Waals surface area contributed by atoms with E-state index >= 15 is 0 Å². The first-order valence-electron chi connectivity index (χ1n) is 7.41. The summed E-state index contributed by atoms with van der Waals surface area (Å²) in [7, 11) is 1.54. The van der Waals surface area contributed by atoms with Gasteiger partial charge in [-0.05, 0) is 29.2 Å². The first kappa shape index (κ1) is 16.8. The van der Waals surface area contributed by atoms with Gasteiger partial charge in [0.05, 0.1) is 12.7 Å². The number of phenols is 1. The molecule has 1 amide bonds. The van der Waals surface area contributed by atoms with E-state index in [2.05, 4.69) is 10.3 Å². The number of phenolic OH excluding ortho intramolecular Hbond substituents is 1. The molecule has 0 saturated carbocycles. The molecular weight excluding hydrogens is 292 g/mol. The average Bonchev–Trinajstić information content (AvgIpc) is 2.52. The van der Waals surface area contributed by atoms with Crippen LogP contribution in [-0.2, 0) is 12.0 Å². The van der Waals surface area contributed by atoms with Crippen molar-refractivity contribution in [3.63, 3.8) is 0 Å². The molecule has 0 unspecified atom stereocenters. The fraction of sp³-hybridized carbons (Fsp3) is 0.333. The number of ether oxygens (including phenoxy) is 1. The Kier molecular flexibility index (Phi) is 4.89. The molecule has 5 heteroatoms. The molecule has 0 aliphatic rings. The van der Waals surface area contributed by atoms with E-state index in [0.29, 0.717) is 17.9 Å². The molecule has 2 rings (SSSR count). The van der Waals surface area contributed by atoms with Gasteiger partial charge in [0.2, 0.25) is 0 Å². The Morgan fingerprint density at radius 3 is 2.65 bits per heavy atom. The van der Waals surface area contributed by atoms with Gasteiger partial charge in [0.25, 0.3) is 5.91 Å². The number of rotatable bonds is 4. The lowest BCUT2D eigenvalue weighted by Crippen LogP contribution is -2.24. The maximum atomic E-state index is 12.4. The zero-order valence-corrected chi connectivity index (χ0v) is 13.9. The van der Waals surface area contributed by atoms with E-state index in [-0.39, 0.29) is 22.6 Å². The van der Waals surface area contributed by atoms with Crippen molar-refractivity contribution in [2.24, 2.45) is 0 Å². The number of pyridine rings is 1. The number of hydrogen-bond donors (Lipinski definition) is 2. The van der Waals surface area contributed by atoms with Crippen molar-refractivity contribution in [2.45, 2.75) is 32.7 Å². The maximum Gasteiger partial charge on any atom is 0.255 e. The molecule has 5 nitrogen and oxygen atoms in total. The smallest absolute Gasteiger partial charge is 0.255 e. The van der Waals surface area contributed by atoms with E-state index in [4.69, 9.17) is 4.74 Å². The highest BCUT2D eigenvalue weighted by molar-refractivity contribution is 5.97. The van der Waals surface area contributed by atoms with Gasteiger partial charge in [0.1, 0.15) is 11.5 Å². The van der Waals surface area contributed by atoms with E-state index in [1.165, 1.54) is 7.11 Å². The largest absolute Gasteiger partial charge is 0.507 e. The van der Waals surface area contributed by atoms with Gasteiger partial charge in [-0.25, -0.2) is 0 Å².